The number of piperazine rings is 1. The van der Waals surface area contributed by atoms with Crippen molar-refractivity contribution in [3.8, 4) is 11.1 Å². The number of aromatic nitrogens is 1. The van der Waals surface area contributed by atoms with Crippen LogP contribution in [0, 0.1) is 11.2 Å². The van der Waals surface area contributed by atoms with Crippen molar-refractivity contribution >= 4 is 12.1 Å². The molecule has 3 heterocycles. The number of carbonyl (C=O) groups is 2. The molecular weight excluding hydrogens is 599 g/mol. The van der Waals surface area contributed by atoms with Crippen LogP contribution in [-0.2, 0) is 11.3 Å². The molecule has 2 atom stereocenters. The fourth-order valence-corrected chi connectivity index (χ4v) is 7.70. The molecule has 9 nitrogen and oxygen atoms in total. The first-order valence-corrected chi connectivity index (χ1v) is 16.6. The van der Waals surface area contributed by atoms with Gasteiger partial charge in [-0.15, -0.1) is 0 Å². The van der Waals surface area contributed by atoms with Crippen LogP contribution in [0.4, 0.5) is 14.0 Å². The zero-order valence-corrected chi connectivity index (χ0v) is 27.5. The number of piperidine rings is 1. The lowest BCUT2D eigenvalue weighted by molar-refractivity contribution is -0.137. The van der Waals surface area contributed by atoms with E-state index in [9.17, 15) is 19.5 Å². The number of ether oxygens (including phenoxy) is 1. The van der Waals surface area contributed by atoms with Crippen molar-refractivity contribution in [2.75, 3.05) is 32.7 Å². The van der Waals surface area contributed by atoms with Gasteiger partial charge in [0.15, 0.2) is 0 Å². The number of likely N-dealkylation sites (tertiary alicyclic amines) is 1. The molecule has 1 unspecified atom stereocenters. The van der Waals surface area contributed by atoms with Gasteiger partial charge < -0.3 is 29.1 Å². The van der Waals surface area contributed by atoms with Crippen LogP contribution in [-0.4, -0.2) is 80.4 Å². The summed E-state index contributed by atoms with van der Waals surface area (Å²) in [4.78, 5) is 46.0. The summed E-state index contributed by atoms with van der Waals surface area (Å²) in [5.41, 5.74) is -1.15. The summed E-state index contributed by atoms with van der Waals surface area (Å²) in [6.45, 7) is 7.10. The molecule has 6 rings (SSSR count). The second kappa shape index (κ2) is 12.8. The molecule has 10 heteroatoms. The van der Waals surface area contributed by atoms with Crippen LogP contribution in [0.15, 0.2) is 77.7 Å². The van der Waals surface area contributed by atoms with Crippen molar-refractivity contribution in [1.82, 2.24) is 19.3 Å². The van der Waals surface area contributed by atoms with Crippen LogP contribution in [0.3, 0.4) is 0 Å². The predicted molar refractivity (Wildman–Crippen MR) is 177 cm³/mol. The van der Waals surface area contributed by atoms with Gasteiger partial charge in [-0.3, -0.25) is 4.79 Å². The number of amides is 3. The molecular formula is C37H45FN4O5. The number of nitrogens with zero attached hydrogens (tertiary/aromatic N) is 4. The molecule has 47 heavy (non-hydrogen) atoms. The monoisotopic (exact) mass is 644 g/mol. The van der Waals surface area contributed by atoms with Crippen LogP contribution in [0.1, 0.15) is 64.5 Å². The number of hydrogen-bond donors (Lipinski definition) is 1. The quantitative estimate of drug-likeness (QED) is 0.372. The minimum Gasteiger partial charge on any atom is -0.444 e. The van der Waals surface area contributed by atoms with E-state index >= 15 is 4.39 Å². The second-order valence-corrected chi connectivity index (χ2v) is 14.4. The Morgan fingerprint density at radius 2 is 1.60 bits per heavy atom. The van der Waals surface area contributed by atoms with E-state index in [0.29, 0.717) is 51.1 Å². The molecule has 250 valence electrons. The van der Waals surface area contributed by atoms with Crippen molar-refractivity contribution in [2.24, 2.45) is 5.41 Å². The Morgan fingerprint density at radius 3 is 2.26 bits per heavy atom. The highest BCUT2D eigenvalue weighted by molar-refractivity contribution is 5.76. The smallest absolute Gasteiger partial charge is 0.410 e. The highest BCUT2D eigenvalue weighted by Crippen LogP contribution is 2.52. The number of rotatable bonds is 4. The number of urea groups is 1. The Morgan fingerprint density at radius 1 is 0.936 bits per heavy atom. The molecule has 2 saturated heterocycles. The molecule has 2 aromatic carbocycles. The van der Waals surface area contributed by atoms with Crippen molar-refractivity contribution in [1.29, 1.82) is 0 Å². The van der Waals surface area contributed by atoms with E-state index in [2.05, 4.69) is 0 Å². The summed E-state index contributed by atoms with van der Waals surface area (Å²) < 4.78 is 22.3. The molecule has 3 aliphatic rings. The Bertz CT molecular complexity index is 1650. The van der Waals surface area contributed by atoms with E-state index in [0.717, 1.165) is 18.4 Å². The first kappa shape index (κ1) is 32.7. The molecule has 1 spiro atoms. The Hall–Kier alpha value is -4.18. The third kappa shape index (κ3) is 6.66. The first-order chi connectivity index (χ1) is 22.4. The van der Waals surface area contributed by atoms with Gasteiger partial charge in [0.2, 0.25) is 0 Å². The first-order valence-electron chi connectivity index (χ1n) is 16.6. The van der Waals surface area contributed by atoms with Crippen LogP contribution in [0.5, 0.6) is 0 Å². The normalized spacial score (nSPS) is 22.8. The fourth-order valence-electron chi connectivity index (χ4n) is 7.70. The summed E-state index contributed by atoms with van der Waals surface area (Å²) in [5.74, 6) is -0.523. The molecule has 1 N–H and O–H groups in total. The van der Waals surface area contributed by atoms with Crippen LogP contribution < -0.4 is 5.56 Å². The lowest BCUT2D eigenvalue weighted by atomic mass is 9.66. The van der Waals surface area contributed by atoms with Crippen LogP contribution in [0.2, 0.25) is 0 Å². The van der Waals surface area contributed by atoms with Crippen molar-refractivity contribution < 1.29 is 23.8 Å². The molecule has 1 saturated carbocycles. The topological polar surface area (TPSA) is 95.3 Å². The van der Waals surface area contributed by atoms with Crippen LogP contribution >= 0.6 is 0 Å². The second-order valence-electron chi connectivity index (χ2n) is 14.4. The highest BCUT2D eigenvalue weighted by Gasteiger charge is 2.56. The molecule has 0 bridgehead atoms. The SMILES string of the molecule is CC(C)(C)OC(=O)N1CCN(C(=O)N2CCC(O)(Cn3cc(F)c(-c4ccccc4)cc3=O)C3(CCCC3)C2)[C@H](c2ccccc2)C1. The number of pyridine rings is 1. The summed E-state index contributed by atoms with van der Waals surface area (Å²) >= 11 is 0. The molecule has 3 amide bonds. The largest absolute Gasteiger partial charge is 0.444 e. The summed E-state index contributed by atoms with van der Waals surface area (Å²) in [5, 5.41) is 12.3. The predicted octanol–water partition coefficient (Wildman–Crippen LogP) is 6.07. The van der Waals surface area contributed by atoms with E-state index in [1.165, 1.54) is 16.8 Å². The van der Waals surface area contributed by atoms with Crippen molar-refractivity contribution in [3.63, 3.8) is 0 Å². The molecule has 2 aliphatic heterocycles. The van der Waals surface area contributed by atoms with Gasteiger partial charge >= 0.3 is 12.1 Å². The molecule has 1 aromatic heterocycles. The van der Waals surface area contributed by atoms with Gasteiger partial charge in [-0.1, -0.05) is 73.5 Å². The Labute approximate surface area is 275 Å². The zero-order valence-electron chi connectivity index (χ0n) is 27.5. The zero-order chi connectivity index (χ0) is 33.4. The fraction of sp³-hybridized carbons (Fsp3) is 0.486. The van der Waals surface area contributed by atoms with E-state index in [1.54, 1.807) is 29.2 Å². The van der Waals surface area contributed by atoms with E-state index in [1.807, 2.05) is 67.0 Å². The maximum absolute atomic E-state index is 15.3. The lowest BCUT2D eigenvalue weighted by Gasteiger charge is -2.53. The van der Waals surface area contributed by atoms with Gasteiger partial charge in [-0.05, 0) is 51.2 Å². The average Bonchev–Trinajstić information content (AvgIpc) is 3.53. The average molecular weight is 645 g/mol. The summed E-state index contributed by atoms with van der Waals surface area (Å²) in [6, 6.07) is 19.5. The maximum Gasteiger partial charge on any atom is 0.410 e. The summed E-state index contributed by atoms with van der Waals surface area (Å²) in [7, 11) is 0. The standard InChI is InChI=1S/C37H45FN4O5/c1-35(2,3)47-34(45)39-20-21-42(31(24-39)28-14-8-5-9-15-28)33(44)40-19-18-37(46,36(25-40)16-10-11-17-36)26-41-23-30(38)29(22-32(41)43)27-12-6-4-7-13-27/h4-9,12-15,22-23,31,46H,10-11,16-21,24-26H2,1-3H3/t31-,37?/m0/s1. The Balaban J connectivity index is 1.23. The lowest BCUT2D eigenvalue weighted by Crippen LogP contribution is -2.64. The van der Waals surface area contributed by atoms with E-state index < -0.39 is 28.5 Å². The number of benzene rings is 2. The molecule has 3 fully saturated rings. The van der Waals surface area contributed by atoms with Gasteiger partial charge in [0.05, 0.1) is 18.2 Å². The number of hydrogen-bond acceptors (Lipinski definition) is 5. The number of aliphatic hydroxyl groups is 1. The molecule has 3 aromatic rings. The minimum atomic E-state index is -1.29. The van der Waals surface area contributed by atoms with Crippen molar-refractivity contribution in [3.05, 3.63) is 94.7 Å². The third-order valence-electron chi connectivity index (χ3n) is 10.2. The summed E-state index contributed by atoms with van der Waals surface area (Å²) in [6.07, 6.45) is 4.30. The minimum absolute atomic E-state index is 0.0406. The molecule has 1 aliphatic carbocycles. The van der Waals surface area contributed by atoms with E-state index in [-0.39, 0.29) is 36.2 Å². The van der Waals surface area contributed by atoms with Gasteiger partial charge in [0.1, 0.15) is 11.4 Å². The third-order valence-corrected chi connectivity index (χ3v) is 10.2. The molecule has 0 radical (unpaired) electrons. The van der Waals surface area contributed by atoms with Gasteiger partial charge in [0, 0.05) is 56.0 Å². The van der Waals surface area contributed by atoms with Crippen LogP contribution in [0.25, 0.3) is 11.1 Å². The van der Waals surface area contributed by atoms with Crippen molar-refractivity contribution in [2.45, 2.75) is 76.7 Å². The maximum atomic E-state index is 15.3. The Kier molecular flexibility index (Phi) is 8.91. The van der Waals surface area contributed by atoms with Gasteiger partial charge in [-0.25, -0.2) is 14.0 Å². The van der Waals surface area contributed by atoms with Gasteiger partial charge in [0.25, 0.3) is 5.56 Å². The van der Waals surface area contributed by atoms with Gasteiger partial charge in [-0.2, -0.15) is 0 Å². The van der Waals surface area contributed by atoms with E-state index in [4.69, 9.17) is 4.74 Å². The number of carbonyl (C=O) groups excluding carboxylic acids is 2. The number of halogens is 1. The highest BCUT2D eigenvalue weighted by atomic mass is 19.1.